The Hall–Kier alpha value is -3.85. The third kappa shape index (κ3) is 7.52. The number of Topliss-reactive ketones (excluding diaryl/α,β-unsaturated/α-hetero) is 1. The number of nitrogens with zero attached hydrogens (tertiary/aromatic N) is 2. The predicted molar refractivity (Wildman–Crippen MR) is 171 cm³/mol. The van der Waals surface area contributed by atoms with Crippen LogP contribution < -0.4 is 14.9 Å². The Morgan fingerprint density at radius 1 is 1.09 bits per heavy atom. The summed E-state index contributed by atoms with van der Waals surface area (Å²) in [6, 6.07) is 16.5. The number of hydrogen-bond acceptors (Lipinski definition) is 8. The van der Waals surface area contributed by atoms with Gasteiger partial charge in [-0.25, -0.2) is 25.5 Å². The van der Waals surface area contributed by atoms with Gasteiger partial charge in [0.05, 0.1) is 23.7 Å². The number of carbonyl (C=O) groups is 2. The second kappa shape index (κ2) is 13.3. The van der Waals surface area contributed by atoms with E-state index in [0.29, 0.717) is 12.0 Å². The quantitative estimate of drug-likeness (QED) is 0.198. The summed E-state index contributed by atoms with van der Waals surface area (Å²) in [6.45, 7) is 1.74. The van der Waals surface area contributed by atoms with Crippen molar-refractivity contribution in [1.29, 1.82) is 0 Å². The zero-order valence-electron chi connectivity index (χ0n) is 25.4. The number of benzene rings is 3. The lowest BCUT2D eigenvalue weighted by Gasteiger charge is -2.53. The fraction of sp³-hybridized carbons (Fsp3) is 0.355. The minimum absolute atomic E-state index is 0.0104. The van der Waals surface area contributed by atoms with Gasteiger partial charge in [0.2, 0.25) is 26.5 Å². The Bertz CT molecular complexity index is 1800. The van der Waals surface area contributed by atoms with Crippen molar-refractivity contribution in [3.05, 3.63) is 89.2 Å². The number of nitrogens with one attached hydrogen (secondary N) is 2. The van der Waals surface area contributed by atoms with Gasteiger partial charge in [0.15, 0.2) is 5.78 Å². The van der Waals surface area contributed by atoms with Gasteiger partial charge in [0.1, 0.15) is 11.6 Å². The second-order valence-corrected chi connectivity index (χ2v) is 15.3. The van der Waals surface area contributed by atoms with Crippen molar-refractivity contribution >= 4 is 43.6 Å². The molecule has 11 nitrogen and oxygen atoms in total. The van der Waals surface area contributed by atoms with Gasteiger partial charge < -0.3 is 15.3 Å². The molecule has 1 amide bonds. The third-order valence-electron chi connectivity index (χ3n) is 8.33. The van der Waals surface area contributed by atoms with Crippen molar-refractivity contribution in [2.75, 3.05) is 48.8 Å². The van der Waals surface area contributed by atoms with Crippen molar-refractivity contribution in [2.24, 2.45) is 5.92 Å². The maximum absolute atomic E-state index is 15.2. The molecule has 14 heteroatoms. The molecule has 1 heterocycles. The Morgan fingerprint density at radius 3 is 2.42 bits per heavy atom. The molecule has 3 atom stereocenters. The highest BCUT2D eigenvalue weighted by Crippen LogP contribution is 2.47. The standard InChI is InChI=1S/C31H37FN4O7S2/c1-21-26(12-7-13-28(21)32)29-27(30(39)22-8-5-11-25(38)16-22)18-33-19-31(29,14-15-35(2)45(4,42)43)36(20-37)24-10-6-9-23(17-24)34-44(3,40)41/h5-13,16-17,20,27,29,33-34,38H,14-15,18-19H2,1-4H3/t27-,29-,31+/m0/s1. The van der Waals surface area contributed by atoms with Crippen LogP contribution in [0.25, 0.3) is 0 Å². The minimum Gasteiger partial charge on any atom is -0.508 e. The Balaban J connectivity index is 2.00. The molecule has 1 saturated heterocycles. The molecule has 242 valence electrons. The largest absolute Gasteiger partial charge is 0.508 e. The Kier molecular flexibility index (Phi) is 10.0. The van der Waals surface area contributed by atoms with E-state index in [1.807, 2.05) is 0 Å². The van der Waals surface area contributed by atoms with Gasteiger partial charge in [-0.2, -0.15) is 0 Å². The molecule has 0 aliphatic carbocycles. The topological polar surface area (TPSA) is 153 Å². The minimum atomic E-state index is -3.67. The lowest BCUT2D eigenvalue weighted by atomic mass is 9.64. The van der Waals surface area contributed by atoms with E-state index in [2.05, 4.69) is 10.0 Å². The average molecular weight is 661 g/mol. The molecule has 0 radical (unpaired) electrons. The van der Waals surface area contributed by atoms with Crippen molar-refractivity contribution < 1.29 is 35.9 Å². The second-order valence-electron chi connectivity index (χ2n) is 11.4. The van der Waals surface area contributed by atoms with Crippen LogP contribution in [0.1, 0.15) is 33.8 Å². The van der Waals surface area contributed by atoms with Crippen LogP contribution in [-0.4, -0.2) is 83.2 Å². The highest BCUT2D eigenvalue weighted by molar-refractivity contribution is 7.92. The first-order valence-corrected chi connectivity index (χ1v) is 17.8. The first-order chi connectivity index (χ1) is 21.1. The van der Waals surface area contributed by atoms with E-state index in [1.165, 1.54) is 54.4 Å². The van der Waals surface area contributed by atoms with Crippen LogP contribution in [0, 0.1) is 18.7 Å². The molecule has 0 saturated carbocycles. The maximum atomic E-state index is 15.2. The summed E-state index contributed by atoms with van der Waals surface area (Å²) in [5.74, 6) is -2.79. The van der Waals surface area contributed by atoms with Gasteiger partial charge in [-0.3, -0.25) is 14.3 Å². The van der Waals surface area contributed by atoms with Gasteiger partial charge >= 0.3 is 0 Å². The van der Waals surface area contributed by atoms with Crippen LogP contribution in [0.3, 0.4) is 0 Å². The van der Waals surface area contributed by atoms with Crippen LogP contribution >= 0.6 is 0 Å². The number of anilines is 2. The number of phenols is 1. The van der Waals surface area contributed by atoms with E-state index >= 15 is 4.39 Å². The number of amides is 1. The van der Waals surface area contributed by atoms with Crippen LogP contribution in [-0.2, 0) is 24.8 Å². The number of halogens is 1. The molecule has 0 spiro atoms. The molecule has 1 fully saturated rings. The number of carbonyl (C=O) groups excluding carboxylic acids is 2. The molecule has 3 N–H and O–H groups in total. The number of phenolic OH excluding ortho intramolecular Hbond substituents is 1. The van der Waals surface area contributed by atoms with Gasteiger partial charge in [0, 0.05) is 49.8 Å². The van der Waals surface area contributed by atoms with Crippen molar-refractivity contribution in [1.82, 2.24) is 9.62 Å². The van der Waals surface area contributed by atoms with E-state index in [9.17, 15) is 31.5 Å². The Labute approximate surface area is 263 Å². The van der Waals surface area contributed by atoms with Crippen molar-refractivity contribution in [3.63, 3.8) is 0 Å². The van der Waals surface area contributed by atoms with Gasteiger partial charge in [-0.15, -0.1) is 0 Å². The van der Waals surface area contributed by atoms with E-state index in [1.54, 1.807) is 31.2 Å². The molecule has 4 rings (SSSR count). The molecule has 1 aliphatic heterocycles. The molecule has 0 unspecified atom stereocenters. The summed E-state index contributed by atoms with van der Waals surface area (Å²) >= 11 is 0. The summed E-state index contributed by atoms with van der Waals surface area (Å²) in [7, 11) is -5.92. The molecular weight excluding hydrogens is 623 g/mol. The van der Waals surface area contributed by atoms with Crippen LogP contribution in [0.15, 0.2) is 66.7 Å². The highest BCUT2D eigenvalue weighted by Gasteiger charge is 2.53. The molecule has 45 heavy (non-hydrogen) atoms. The first-order valence-electron chi connectivity index (χ1n) is 14.1. The number of ketones is 1. The lowest BCUT2D eigenvalue weighted by molar-refractivity contribution is -0.109. The smallest absolute Gasteiger partial charge is 0.229 e. The fourth-order valence-corrected chi connectivity index (χ4v) is 7.08. The maximum Gasteiger partial charge on any atom is 0.229 e. The highest BCUT2D eigenvalue weighted by atomic mass is 32.2. The van der Waals surface area contributed by atoms with Crippen LogP contribution in [0.2, 0.25) is 0 Å². The van der Waals surface area contributed by atoms with E-state index in [0.717, 1.165) is 16.8 Å². The molecule has 0 aromatic heterocycles. The Morgan fingerprint density at radius 2 is 1.78 bits per heavy atom. The van der Waals surface area contributed by atoms with Crippen LogP contribution in [0.5, 0.6) is 5.75 Å². The van der Waals surface area contributed by atoms with Gasteiger partial charge in [-0.05, 0) is 60.9 Å². The number of hydrogen-bond donors (Lipinski definition) is 3. The van der Waals surface area contributed by atoms with Gasteiger partial charge in [-0.1, -0.05) is 30.3 Å². The third-order valence-corrected chi connectivity index (χ3v) is 10.2. The first kappa shape index (κ1) is 34.0. The van der Waals surface area contributed by atoms with Crippen molar-refractivity contribution in [2.45, 2.75) is 24.8 Å². The zero-order valence-corrected chi connectivity index (χ0v) is 27.0. The zero-order chi connectivity index (χ0) is 33.2. The van der Waals surface area contributed by atoms with Crippen molar-refractivity contribution in [3.8, 4) is 5.75 Å². The molecule has 3 aromatic rings. The summed E-state index contributed by atoms with van der Waals surface area (Å²) in [5, 5.41) is 13.4. The molecule has 1 aliphatic rings. The van der Waals surface area contributed by atoms with E-state index in [-0.39, 0.29) is 60.1 Å². The summed E-state index contributed by atoms with van der Waals surface area (Å²) < 4.78 is 67.7. The number of sulfonamides is 2. The van der Waals surface area contributed by atoms with Gasteiger partial charge in [0.25, 0.3) is 0 Å². The lowest BCUT2D eigenvalue weighted by Crippen LogP contribution is -2.66. The summed E-state index contributed by atoms with van der Waals surface area (Å²) in [4.78, 5) is 28.8. The summed E-state index contributed by atoms with van der Waals surface area (Å²) in [5.41, 5.74) is -0.00130. The van der Waals surface area contributed by atoms with E-state index < -0.39 is 43.2 Å². The monoisotopic (exact) mass is 660 g/mol. The SMILES string of the molecule is Cc1c(F)cccc1[C@H]1[C@@H](C(=O)c2cccc(O)c2)CNC[C@@]1(CCN(C)S(C)(=O)=O)N(C=O)c1cccc(NS(C)(=O)=O)c1. The number of aromatic hydroxyl groups is 1. The molecule has 3 aromatic carbocycles. The molecule has 0 bridgehead atoms. The number of rotatable bonds is 12. The fourth-order valence-electron chi connectivity index (χ4n) is 6.10. The predicted octanol–water partition coefficient (Wildman–Crippen LogP) is 3.08. The summed E-state index contributed by atoms with van der Waals surface area (Å²) in [6.07, 6.45) is 2.62. The normalized spacial score (nSPS) is 20.5. The average Bonchev–Trinajstić information content (AvgIpc) is 2.96. The number of piperidine rings is 1. The van der Waals surface area contributed by atoms with Crippen LogP contribution in [0.4, 0.5) is 15.8 Å². The molecular formula is C31H37FN4O7S2. The van der Waals surface area contributed by atoms with E-state index in [4.69, 9.17) is 0 Å².